The van der Waals surface area contributed by atoms with E-state index >= 15 is 0 Å². The molecule has 0 aliphatic carbocycles. The van der Waals surface area contributed by atoms with Crippen LogP contribution in [0.3, 0.4) is 0 Å². The number of rotatable bonds is 7. The highest BCUT2D eigenvalue weighted by Crippen LogP contribution is 2.23. The SMILES string of the molecule is CC(C)OCCNS(=O)(=O)c1ccc([N+](=O)[O-])cc1N. The van der Waals surface area contributed by atoms with Gasteiger partial charge in [-0.1, -0.05) is 0 Å². The van der Waals surface area contributed by atoms with Gasteiger partial charge in [0.1, 0.15) is 4.90 Å². The molecule has 3 N–H and O–H groups in total. The highest BCUT2D eigenvalue weighted by atomic mass is 32.2. The Labute approximate surface area is 117 Å². The van der Waals surface area contributed by atoms with E-state index in [1.54, 1.807) is 0 Å². The summed E-state index contributed by atoms with van der Waals surface area (Å²) in [4.78, 5) is 9.73. The van der Waals surface area contributed by atoms with E-state index in [9.17, 15) is 18.5 Å². The predicted molar refractivity (Wildman–Crippen MR) is 73.8 cm³/mol. The number of hydrogen-bond acceptors (Lipinski definition) is 6. The van der Waals surface area contributed by atoms with E-state index in [0.29, 0.717) is 0 Å². The summed E-state index contributed by atoms with van der Waals surface area (Å²) >= 11 is 0. The van der Waals surface area contributed by atoms with Crippen LogP contribution in [0.5, 0.6) is 0 Å². The molecule has 0 fully saturated rings. The summed E-state index contributed by atoms with van der Waals surface area (Å²) in [6, 6.07) is 3.22. The third kappa shape index (κ3) is 4.44. The van der Waals surface area contributed by atoms with Crippen LogP contribution in [0, 0.1) is 10.1 Å². The Balaban J connectivity index is 2.80. The zero-order valence-electron chi connectivity index (χ0n) is 11.2. The number of nitrogens with two attached hydrogens (primary N) is 1. The fourth-order valence-corrected chi connectivity index (χ4v) is 2.57. The lowest BCUT2D eigenvalue weighted by Gasteiger charge is -2.10. The third-order valence-electron chi connectivity index (χ3n) is 2.34. The molecule has 0 aliphatic heterocycles. The van der Waals surface area contributed by atoms with E-state index in [0.717, 1.165) is 18.2 Å². The van der Waals surface area contributed by atoms with Crippen LogP contribution in [0.4, 0.5) is 11.4 Å². The first-order chi connectivity index (χ1) is 9.24. The molecule has 0 heterocycles. The van der Waals surface area contributed by atoms with Crippen LogP contribution in [-0.2, 0) is 14.8 Å². The molecule has 0 saturated heterocycles. The molecule has 20 heavy (non-hydrogen) atoms. The van der Waals surface area contributed by atoms with Crippen molar-refractivity contribution in [2.75, 3.05) is 18.9 Å². The van der Waals surface area contributed by atoms with Crippen molar-refractivity contribution in [2.45, 2.75) is 24.8 Å². The van der Waals surface area contributed by atoms with Crippen molar-refractivity contribution >= 4 is 21.4 Å². The molecule has 9 heteroatoms. The lowest BCUT2D eigenvalue weighted by Crippen LogP contribution is -2.28. The maximum absolute atomic E-state index is 12.0. The first-order valence-corrected chi connectivity index (χ1v) is 7.37. The highest BCUT2D eigenvalue weighted by Gasteiger charge is 2.19. The Kier molecular flexibility index (Phi) is 5.43. The van der Waals surface area contributed by atoms with Crippen molar-refractivity contribution in [1.29, 1.82) is 0 Å². The number of nitrogen functional groups attached to an aromatic ring is 1. The Morgan fingerprint density at radius 1 is 1.45 bits per heavy atom. The molecule has 0 atom stereocenters. The van der Waals surface area contributed by atoms with Gasteiger partial charge in [-0.25, -0.2) is 13.1 Å². The van der Waals surface area contributed by atoms with Crippen molar-refractivity contribution in [3.63, 3.8) is 0 Å². The molecule has 1 aromatic rings. The Morgan fingerprint density at radius 3 is 2.60 bits per heavy atom. The van der Waals surface area contributed by atoms with Gasteiger partial charge in [0, 0.05) is 18.7 Å². The Morgan fingerprint density at radius 2 is 2.10 bits per heavy atom. The fraction of sp³-hybridized carbons (Fsp3) is 0.455. The highest BCUT2D eigenvalue weighted by molar-refractivity contribution is 7.89. The van der Waals surface area contributed by atoms with Gasteiger partial charge in [0.25, 0.3) is 5.69 Å². The predicted octanol–water partition coefficient (Wildman–Crippen LogP) is 0.880. The average Bonchev–Trinajstić information content (AvgIpc) is 2.34. The molecule has 0 saturated carbocycles. The Bertz CT molecular complexity index is 586. The number of nitro groups is 1. The number of nitrogens with one attached hydrogen (secondary N) is 1. The van der Waals surface area contributed by atoms with Crippen LogP contribution in [0.15, 0.2) is 23.1 Å². The molecule has 112 valence electrons. The molecular formula is C11H17N3O5S. The van der Waals surface area contributed by atoms with Crippen molar-refractivity contribution < 1.29 is 18.1 Å². The van der Waals surface area contributed by atoms with E-state index in [2.05, 4.69) is 4.72 Å². The van der Waals surface area contributed by atoms with Crippen molar-refractivity contribution in [3.8, 4) is 0 Å². The minimum absolute atomic E-state index is 0.00366. The van der Waals surface area contributed by atoms with Gasteiger partial charge in [-0.3, -0.25) is 10.1 Å². The van der Waals surface area contributed by atoms with Gasteiger partial charge in [0.05, 0.1) is 23.3 Å². The average molecular weight is 303 g/mol. The van der Waals surface area contributed by atoms with Crippen LogP contribution in [0.2, 0.25) is 0 Å². The summed E-state index contributed by atoms with van der Waals surface area (Å²) in [6.45, 7) is 3.99. The number of anilines is 1. The summed E-state index contributed by atoms with van der Waals surface area (Å²) in [5.74, 6) is 0. The first-order valence-electron chi connectivity index (χ1n) is 5.89. The van der Waals surface area contributed by atoms with Gasteiger partial charge in [0.15, 0.2) is 0 Å². The minimum atomic E-state index is -3.81. The zero-order valence-corrected chi connectivity index (χ0v) is 12.0. The van der Waals surface area contributed by atoms with Gasteiger partial charge in [0.2, 0.25) is 10.0 Å². The van der Waals surface area contributed by atoms with Gasteiger partial charge in [-0.05, 0) is 19.9 Å². The standard InChI is InChI=1S/C11H17N3O5S/c1-8(2)19-6-5-13-20(17,18)11-4-3-9(14(15)16)7-10(11)12/h3-4,7-8,13H,5-6,12H2,1-2H3. The van der Waals surface area contributed by atoms with Gasteiger partial charge in [-0.15, -0.1) is 0 Å². The van der Waals surface area contributed by atoms with E-state index in [4.69, 9.17) is 10.5 Å². The summed E-state index contributed by atoms with van der Waals surface area (Å²) in [5, 5.41) is 10.6. The maximum atomic E-state index is 12.0. The number of non-ortho nitro benzene ring substituents is 1. The van der Waals surface area contributed by atoms with Gasteiger partial charge in [-0.2, -0.15) is 0 Å². The molecule has 0 aromatic heterocycles. The number of benzene rings is 1. The molecule has 0 spiro atoms. The molecule has 0 unspecified atom stereocenters. The number of nitro benzene ring substituents is 1. The second kappa shape index (κ2) is 6.64. The molecule has 0 bridgehead atoms. The molecular weight excluding hydrogens is 286 g/mol. The van der Waals surface area contributed by atoms with E-state index in [1.165, 1.54) is 0 Å². The first kappa shape index (κ1) is 16.3. The van der Waals surface area contributed by atoms with E-state index in [1.807, 2.05) is 13.8 Å². The summed E-state index contributed by atoms with van der Waals surface area (Å²) in [6.07, 6.45) is 0.00366. The van der Waals surface area contributed by atoms with Crippen molar-refractivity contribution in [3.05, 3.63) is 28.3 Å². The number of nitrogens with zero attached hydrogens (tertiary/aromatic N) is 1. The molecule has 0 amide bonds. The van der Waals surface area contributed by atoms with Crippen LogP contribution >= 0.6 is 0 Å². The molecule has 0 aliphatic rings. The lowest BCUT2D eigenvalue weighted by atomic mass is 10.3. The van der Waals surface area contributed by atoms with E-state index in [-0.39, 0.29) is 35.5 Å². The van der Waals surface area contributed by atoms with Crippen LogP contribution < -0.4 is 10.5 Å². The molecule has 8 nitrogen and oxygen atoms in total. The normalized spacial score (nSPS) is 11.8. The molecule has 1 aromatic carbocycles. The van der Waals surface area contributed by atoms with Crippen LogP contribution in [0.1, 0.15) is 13.8 Å². The number of sulfonamides is 1. The van der Waals surface area contributed by atoms with Crippen LogP contribution in [-0.4, -0.2) is 32.6 Å². The number of hydrogen-bond donors (Lipinski definition) is 2. The fourth-order valence-electron chi connectivity index (χ4n) is 1.44. The largest absolute Gasteiger partial charge is 0.397 e. The monoisotopic (exact) mass is 303 g/mol. The molecule has 1 rings (SSSR count). The third-order valence-corrected chi connectivity index (χ3v) is 3.87. The number of ether oxygens (including phenoxy) is 1. The van der Waals surface area contributed by atoms with Gasteiger partial charge < -0.3 is 10.5 Å². The summed E-state index contributed by atoms with van der Waals surface area (Å²) in [7, 11) is -3.81. The zero-order chi connectivity index (χ0) is 15.3. The lowest BCUT2D eigenvalue weighted by molar-refractivity contribution is -0.384. The minimum Gasteiger partial charge on any atom is -0.397 e. The van der Waals surface area contributed by atoms with E-state index < -0.39 is 14.9 Å². The second-order valence-corrected chi connectivity index (χ2v) is 6.03. The molecule has 0 radical (unpaired) electrons. The second-order valence-electron chi connectivity index (χ2n) is 4.30. The van der Waals surface area contributed by atoms with Crippen molar-refractivity contribution in [1.82, 2.24) is 4.72 Å². The van der Waals surface area contributed by atoms with Gasteiger partial charge >= 0.3 is 0 Å². The van der Waals surface area contributed by atoms with Crippen molar-refractivity contribution in [2.24, 2.45) is 0 Å². The summed E-state index contributed by atoms with van der Waals surface area (Å²) in [5.41, 5.74) is 5.11. The maximum Gasteiger partial charge on any atom is 0.271 e. The smallest absolute Gasteiger partial charge is 0.271 e. The van der Waals surface area contributed by atoms with Crippen LogP contribution in [0.25, 0.3) is 0 Å². The quantitative estimate of drug-likeness (QED) is 0.333. The Hall–Kier alpha value is -1.71. The summed E-state index contributed by atoms with van der Waals surface area (Å²) < 4.78 is 31.4. The topological polar surface area (TPSA) is 125 Å².